The number of pyridine rings is 1. The molecule has 0 bridgehead atoms. The zero-order chi connectivity index (χ0) is 14.8. The smallest absolute Gasteiger partial charge is 0.246 e. The molecular weight excluding hydrogens is 362 g/mol. The number of hydrogen-bond acceptors (Lipinski definition) is 5. The van der Waals surface area contributed by atoms with Crippen molar-refractivity contribution in [3.8, 4) is 0 Å². The summed E-state index contributed by atoms with van der Waals surface area (Å²) < 4.78 is 27.8. The lowest BCUT2D eigenvalue weighted by Gasteiger charge is -2.31. The molecule has 2 heterocycles. The topological polar surface area (TPSA) is 62.3 Å². The molecule has 0 aliphatic carbocycles. The summed E-state index contributed by atoms with van der Waals surface area (Å²) in [7, 11) is -1.83. The predicted octanol–water partition coefficient (Wildman–Crippen LogP) is 2.40. The lowest BCUT2D eigenvalue weighted by atomic mass is 10.3. The molecule has 112 valence electrons. The number of halogens is 1. The van der Waals surface area contributed by atoms with Crippen molar-refractivity contribution in [2.45, 2.75) is 23.5 Å². The first-order valence-corrected chi connectivity index (χ1v) is 9.72. The van der Waals surface area contributed by atoms with E-state index in [4.69, 9.17) is 0 Å². The van der Waals surface area contributed by atoms with Crippen LogP contribution in [0, 0.1) is 0 Å². The molecule has 1 atom stereocenters. The van der Waals surface area contributed by atoms with Gasteiger partial charge in [0.2, 0.25) is 10.0 Å². The zero-order valence-electron chi connectivity index (χ0n) is 11.5. The number of nitrogens with zero attached hydrogens (tertiary/aromatic N) is 2. The van der Waals surface area contributed by atoms with E-state index in [9.17, 15) is 8.42 Å². The Kier molecular flexibility index (Phi) is 5.33. The molecule has 1 saturated heterocycles. The summed E-state index contributed by atoms with van der Waals surface area (Å²) in [5.41, 5.74) is 0. The molecule has 1 N–H and O–H groups in total. The highest BCUT2D eigenvalue weighted by atomic mass is 79.9. The fraction of sp³-hybridized carbons (Fsp3) is 0.583. The van der Waals surface area contributed by atoms with Crippen molar-refractivity contribution < 1.29 is 8.42 Å². The number of thioether (sulfide) groups is 1. The van der Waals surface area contributed by atoms with E-state index >= 15 is 0 Å². The van der Waals surface area contributed by atoms with E-state index in [1.165, 1.54) is 0 Å². The minimum absolute atomic E-state index is 0.233. The van der Waals surface area contributed by atoms with Gasteiger partial charge in [-0.2, -0.15) is 16.1 Å². The highest BCUT2D eigenvalue weighted by Gasteiger charge is 2.32. The van der Waals surface area contributed by atoms with Crippen molar-refractivity contribution in [3.63, 3.8) is 0 Å². The summed E-state index contributed by atoms with van der Waals surface area (Å²) in [5.74, 6) is 1.23. The van der Waals surface area contributed by atoms with Crippen LogP contribution in [0.4, 0.5) is 5.82 Å². The molecule has 1 aromatic heterocycles. The lowest BCUT2D eigenvalue weighted by Crippen LogP contribution is -2.41. The SMILES string of the molecule is CCC1CN(S(=O)(=O)c2cc(Br)cnc2NC)CCS1. The standard InChI is InChI=1S/C12H18BrN3O2S2/c1-3-10-8-16(4-5-19-10)20(17,18)11-6-9(13)7-15-12(11)14-2/h6-7,10H,3-5,8H2,1-2H3,(H,14,15). The average Bonchev–Trinajstić information content (AvgIpc) is 2.47. The van der Waals surface area contributed by atoms with Crippen LogP contribution in [0.15, 0.2) is 21.6 Å². The predicted molar refractivity (Wildman–Crippen MR) is 86.8 cm³/mol. The van der Waals surface area contributed by atoms with Crippen LogP contribution in [0.1, 0.15) is 13.3 Å². The highest BCUT2D eigenvalue weighted by molar-refractivity contribution is 9.10. The molecule has 1 aromatic rings. The molecule has 0 spiro atoms. The van der Waals surface area contributed by atoms with E-state index in [2.05, 4.69) is 33.2 Å². The van der Waals surface area contributed by atoms with Gasteiger partial charge in [0.15, 0.2) is 0 Å². The van der Waals surface area contributed by atoms with Crippen molar-refractivity contribution in [3.05, 3.63) is 16.7 Å². The summed E-state index contributed by atoms with van der Waals surface area (Å²) in [4.78, 5) is 4.36. The third-order valence-electron chi connectivity index (χ3n) is 3.23. The Morgan fingerprint density at radius 3 is 3.00 bits per heavy atom. The molecule has 0 saturated carbocycles. The molecule has 1 aliphatic rings. The van der Waals surface area contributed by atoms with Gasteiger partial charge in [0.25, 0.3) is 0 Å². The molecule has 1 fully saturated rings. The van der Waals surface area contributed by atoms with Gasteiger partial charge in [-0.25, -0.2) is 13.4 Å². The van der Waals surface area contributed by atoms with Crippen molar-refractivity contribution in [1.82, 2.24) is 9.29 Å². The molecule has 1 unspecified atom stereocenters. The van der Waals surface area contributed by atoms with Crippen molar-refractivity contribution in [2.24, 2.45) is 0 Å². The average molecular weight is 380 g/mol. The van der Waals surface area contributed by atoms with Crippen molar-refractivity contribution in [1.29, 1.82) is 0 Å². The zero-order valence-corrected chi connectivity index (χ0v) is 14.7. The van der Waals surface area contributed by atoms with E-state index in [1.807, 2.05) is 11.8 Å². The second kappa shape index (κ2) is 6.64. The Labute approximate surface area is 132 Å². The van der Waals surface area contributed by atoms with Gasteiger partial charge in [-0.05, 0) is 28.4 Å². The van der Waals surface area contributed by atoms with Crippen LogP contribution in [-0.4, -0.2) is 48.8 Å². The molecule has 2 rings (SSSR count). The summed E-state index contributed by atoms with van der Waals surface area (Å²) in [6, 6.07) is 1.61. The Morgan fingerprint density at radius 1 is 1.60 bits per heavy atom. The minimum atomic E-state index is -3.51. The van der Waals surface area contributed by atoms with Gasteiger partial charge in [-0.15, -0.1) is 0 Å². The van der Waals surface area contributed by atoms with Crippen molar-refractivity contribution in [2.75, 3.05) is 31.2 Å². The first kappa shape index (κ1) is 16.1. The fourth-order valence-electron chi connectivity index (χ4n) is 2.10. The lowest BCUT2D eigenvalue weighted by molar-refractivity contribution is 0.416. The molecule has 0 amide bonds. The Balaban J connectivity index is 2.37. The second-order valence-corrected chi connectivity index (χ2v) is 8.74. The molecule has 0 aromatic carbocycles. The maximum atomic E-state index is 12.8. The monoisotopic (exact) mass is 379 g/mol. The van der Waals surface area contributed by atoms with Gasteiger partial charge in [0.05, 0.1) is 0 Å². The van der Waals surface area contributed by atoms with Crippen LogP contribution >= 0.6 is 27.7 Å². The van der Waals surface area contributed by atoms with Crippen molar-refractivity contribution >= 4 is 43.5 Å². The molecule has 20 heavy (non-hydrogen) atoms. The summed E-state index contributed by atoms with van der Waals surface area (Å²) in [6.07, 6.45) is 2.57. The summed E-state index contributed by atoms with van der Waals surface area (Å²) in [6.45, 7) is 3.21. The largest absolute Gasteiger partial charge is 0.372 e. The van der Waals surface area contributed by atoms with Crippen LogP contribution in [0.5, 0.6) is 0 Å². The van der Waals surface area contributed by atoms with E-state index in [-0.39, 0.29) is 4.90 Å². The van der Waals surface area contributed by atoms with Crippen LogP contribution in [-0.2, 0) is 10.0 Å². The Morgan fingerprint density at radius 2 is 2.35 bits per heavy atom. The Bertz CT molecular complexity index is 580. The second-order valence-electron chi connectivity index (χ2n) is 4.51. The maximum Gasteiger partial charge on any atom is 0.246 e. The van der Waals surface area contributed by atoms with Gasteiger partial charge in [0.1, 0.15) is 10.7 Å². The van der Waals surface area contributed by atoms with E-state index in [0.29, 0.717) is 28.6 Å². The Hall–Kier alpha value is -0.310. The number of aromatic nitrogens is 1. The molecular formula is C12H18BrN3O2S2. The highest BCUT2D eigenvalue weighted by Crippen LogP contribution is 2.30. The minimum Gasteiger partial charge on any atom is -0.372 e. The van der Waals surface area contributed by atoms with Crippen LogP contribution in [0.2, 0.25) is 0 Å². The van der Waals surface area contributed by atoms with Gasteiger partial charge in [-0.1, -0.05) is 6.92 Å². The number of rotatable bonds is 4. The quantitative estimate of drug-likeness (QED) is 0.869. The number of hydrogen-bond donors (Lipinski definition) is 1. The maximum absolute atomic E-state index is 12.8. The van der Waals surface area contributed by atoms with Gasteiger partial charge in [-0.3, -0.25) is 0 Å². The van der Waals surface area contributed by atoms with Crippen LogP contribution in [0.25, 0.3) is 0 Å². The normalized spacial score (nSPS) is 20.9. The van der Waals surface area contributed by atoms with Gasteiger partial charge < -0.3 is 5.32 Å². The number of nitrogens with one attached hydrogen (secondary N) is 1. The third-order valence-corrected chi connectivity index (χ3v) is 6.92. The first-order chi connectivity index (χ1) is 9.48. The number of sulfonamides is 1. The summed E-state index contributed by atoms with van der Waals surface area (Å²) >= 11 is 5.13. The molecule has 1 aliphatic heterocycles. The fourth-order valence-corrected chi connectivity index (χ4v) is 5.64. The van der Waals surface area contributed by atoms with E-state index in [0.717, 1.165) is 12.2 Å². The van der Waals surface area contributed by atoms with Crippen LogP contribution in [0.3, 0.4) is 0 Å². The third kappa shape index (κ3) is 3.29. The van der Waals surface area contributed by atoms with E-state index < -0.39 is 10.0 Å². The van der Waals surface area contributed by atoms with Gasteiger partial charge in [0, 0.05) is 41.8 Å². The first-order valence-electron chi connectivity index (χ1n) is 6.44. The van der Waals surface area contributed by atoms with Crippen LogP contribution < -0.4 is 5.32 Å². The van der Waals surface area contributed by atoms with E-state index in [1.54, 1.807) is 23.6 Å². The molecule has 5 nitrogen and oxygen atoms in total. The summed E-state index contributed by atoms with van der Waals surface area (Å²) in [5, 5.41) is 3.22. The van der Waals surface area contributed by atoms with Gasteiger partial charge >= 0.3 is 0 Å². The number of anilines is 1. The molecule has 8 heteroatoms. The molecule has 0 radical (unpaired) electrons.